The predicted molar refractivity (Wildman–Crippen MR) is 69.8 cm³/mol. The van der Waals surface area contributed by atoms with Crippen LogP contribution >= 0.6 is 0 Å². The first-order valence-corrected chi connectivity index (χ1v) is 6.55. The number of benzene rings is 1. The lowest BCUT2D eigenvalue weighted by Gasteiger charge is -2.08. The number of hydrogen-bond donors (Lipinski definition) is 1. The third-order valence-corrected chi connectivity index (χ3v) is 3.55. The Labute approximate surface area is 103 Å². The lowest BCUT2D eigenvalue weighted by Crippen LogP contribution is -2.24. The zero-order valence-corrected chi connectivity index (χ0v) is 10.4. The summed E-state index contributed by atoms with van der Waals surface area (Å²) in [5, 5.41) is 0. The summed E-state index contributed by atoms with van der Waals surface area (Å²) in [6, 6.07) is 10.4. The molecule has 0 saturated heterocycles. The minimum atomic E-state index is 0.0597. The van der Waals surface area contributed by atoms with Crippen LogP contribution in [0.3, 0.4) is 0 Å². The van der Waals surface area contributed by atoms with Crippen LogP contribution in [0.25, 0.3) is 0 Å². The summed E-state index contributed by atoms with van der Waals surface area (Å²) >= 11 is 0. The van der Waals surface area contributed by atoms with Crippen molar-refractivity contribution in [1.29, 1.82) is 0 Å². The number of carbonyl (C=O) groups is 1. The topological polar surface area (TPSA) is 43.1 Å². The second-order valence-corrected chi connectivity index (χ2v) is 5.08. The van der Waals surface area contributed by atoms with Crippen molar-refractivity contribution in [3.8, 4) is 0 Å². The molecule has 2 heteroatoms. The largest absolute Gasteiger partial charge is 0.327 e. The molecule has 92 valence electrons. The van der Waals surface area contributed by atoms with E-state index in [1.807, 2.05) is 18.2 Å². The lowest BCUT2D eigenvalue weighted by atomic mass is 10.0. The molecule has 0 heterocycles. The molecule has 0 radical (unpaired) electrons. The molecule has 2 N–H and O–H groups in total. The summed E-state index contributed by atoms with van der Waals surface area (Å²) in [7, 11) is 0. The summed E-state index contributed by atoms with van der Waals surface area (Å²) < 4.78 is 0. The summed E-state index contributed by atoms with van der Waals surface area (Å²) in [4.78, 5) is 12.0. The Morgan fingerprint density at radius 3 is 2.76 bits per heavy atom. The van der Waals surface area contributed by atoms with Gasteiger partial charge in [0.2, 0.25) is 0 Å². The minimum Gasteiger partial charge on any atom is -0.327 e. The van der Waals surface area contributed by atoms with E-state index in [0.29, 0.717) is 18.1 Å². The first-order chi connectivity index (χ1) is 8.22. The molecule has 0 amide bonds. The van der Waals surface area contributed by atoms with Crippen LogP contribution in [0.15, 0.2) is 30.3 Å². The van der Waals surface area contributed by atoms with Crippen molar-refractivity contribution < 1.29 is 4.79 Å². The molecule has 1 saturated carbocycles. The summed E-state index contributed by atoms with van der Waals surface area (Å²) in [6.45, 7) is 2.11. The number of rotatable bonds is 6. The Hall–Kier alpha value is -1.15. The molecule has 0 bridgehead atoms. The predicted octanol–water partition coefficient (Wildman–Crippen LogP) is 2.88. The van der Waals surface area contributed by atoms with E-state index in [2.05, 4.69) is 19.1 Å². The molecule has 3 atom stereocenters. The second-order valence-electron chi connectivity index (χ2n) is 5.08. The van der Waals surface area contributed by atoms with Crippen LogP contribution in [-0.4, -0.2) is 11.8 Å². The van der Waals surface area contributed by atoms with Crippen molar-refractivity contribution in [3.63, 3.8) is 0 Å². The van der Waals surface area contributed by atoms with Gasteiger partial charge in [-0.25, -0.2) is 0 Å². The van der Waals surface area contributed by atoms with Crippen molar-refractivity contribution >= 4 is 5.78 Å². The van der Waals surface area contributed by atoms with E-state index in [0.717, 1.165) is 19.3 Å². The maximum absolute atomic E-state index is 12.0. The monoisotopic (exact) mass is 231 g/mol. The SMILES string of the molecule is CCCC(N)CC(=O)C1CC1c1ccccc1. The van der Waals surface area contributed by atoms with Gasteiger partial charge < -0.3 is 5.73 Å². The molecule has 1 aromatic rings. The normalized spacial score (nSPS) is 24.4. The quantitative estimate of drug-likeness (QED) is 0.818. The molecule has 1 aliphatic rings. The standard InChI is InChI=1S/C15H21NO/c1-2-6-12(16)9-15(17)14-10-13(14)11-7-4-3-5-8-11/h3-5,7-8,12-14H,2,6,9-10,16H2,1H3. The van der Waals surface area contributed by atoms with Crippen LogP contribution < -0.4 is 5.73 Å². The van der Waals surface area contributed by atoms with Gasteiger partial charge in [0.05, 0.1) is 0 Å². The van der Waals surface area contributed by atoms with E-state index in [1.165, 1.54) is 5.56 Å². The number of Topliss-reactive ketones (excluding diaryl/α,β-unsaturated/α-hetero) is 1. The van der Waals surface area contributed by atoms with Gasteiger partial charge in [0, 0.05) is 18.4 Å². The van der Waals surface area contributed by atoms with Crippen molar-refractivity contribution in [2.75, 3.05) is 0 Å². The molecule has 1 aliphatic carbocycles. The maximum atomic E-state index is 12.0. The first-order valence-electron chi connectivity index (χ1n) is 6.55. The summed E-state index contributed by atoms with van der Waals surface area (Å²) in [6.07, 6.45) is 3.58. The number of nitrogens with two attached hydrogens (primary N) is 1. The third-order valence-electron chi connectivity index (χ3n) is 3.55. The van der Waals surface area contributed by atoms with Crippen molar-refractivity contribution in [3.05, 3.63) is 35.9 Å². The van der Waals surface area contributed by atoms with Crippen LogP contribution in [0.2, 0.25) is 0 Å². The molecule has 0 aromatic heterocycles. The Kier molecular flexibility index (Phi) is 3.95. The summed E-state index contributed by atoms with van der Waals surface area (Å²) in [5.74, 6) is 1.05. The van der Waals surface area contributed by atoms with Crippen LogP contribution in [-0.2, 0) is 4.79 Å². The van der Waals surface area contributed by atoms with Crippen LogP contribution in [0.4, 0.5) is 0 Å². The molecule has 0 aliphatic heterocycles. The third kappa shape index (κ3) is 3.16. The van der Waals surface area contributed by atoms with Gasteiger partial charge in [0.1, 0.15) is 5.78 Å². The summed E-state index contributed by atoms with van der Waals surface area (Å²) in [5.41, 5.74) is 7.21. The highest BCUT2D eigenvalue weighted by Crippen LogP contribution is 2.48. The highest BCUT2D eigenvalue weighted by atomic mass is 16.1. The van der Waals surface area contributed by atoms with E-state index >= 15 is 0 Å². The van der Waals surface area contributed by atoms with Crippen molar-refractivity contribution in [1.82, 2.24) is 0 Å². The van der Waals surface area contributed by atoms with Gasteiger partial charge in [-0.05, 0) is 24.3 Å². The fraction of sp³-hybridized carbons (Fsp3) is 0.533. The molecule has 1 aromatic carbocycles. The van der Waals surface area contributed by atoms with Gasteiger partial charge in [0.15, 0.2) is 0 Å². The Morgan fingerprint density at radius 1 is 1.41 bits per heavy atom. The average molecular weight is 231 g/mol. The molecule has 2 rings (SSSR count). The highest BCUT2D eigenvalue weighted by molar-refractivity contribution is 5.85. The van der Waals surface area contributed by atoms with Gasteiger partial charge >= 0.3 is 0 Å². The number of ketones is 1. The van der Waals surface area contributed by atoms with Crippen molar-refractivity contribution in [2.45, 2.75) is 44.6 Å². The van der Waals surface area contributed by atoms with E-state index in [4.69, 9.17) is 5.73 Å². The van der Waals surface area contributed by atoms with Gasteiger partial charge in [-0.15, -0.1) is 0 Å². The number of carbonyl (C=O) groups excluding carboxylic acids is 1. The maximum Gasteiger partial charge on any atom is 0.138 e. The molecule has 3 unspecified atom stereocenters. The van der Waals surface area contributed by atoms with E-state index in [1.54, 1.807) is 0 Å². The smallest absolute Gasteiger partial charge is 0.138 e. The van der Waals surface area contributed by atoms with Gasteiger partial charge in [-0.1, -0.05) is 43.7 Å². The van der Waals surface area contributed by atoms with E-state index in [-0.39, 0.29) is 12.0 Å². The lowest BCUT2D eigenvalue weighted by molar-refractivity contribution is -0.120. The molecule has 0 spiro atoms. The zero-order valence-electron chi connectivity index (χ0n) is 10.4. The highest BCUT2D eigenvalue weighted by Gasteiger charge is 2.43. The Bertz CT molecular complexity index is 374. The van der Waals surface area contributed by atoms with Gasteiger partial charge in [0.25, 0.3) is 0 Å². The van der Waals surface area contributed by atoms with Crippen molar-refractivity contribution in [2.24, 2.45) is 11.7 Å². The van der Waals surface area contributed by atoms with Gasteiger partial charge in [-0.2, -0.15) is 0 Å². The first kappa shape index (κ1) is 12.3. The van der Waals surface area contributed by atoms with Crippen LogP contribution in [0.1, 0.15) is 44.1 Å². The van der Waals surface area contributed by atoms with Crippen LogP contribution in [0.5, 0.6) is 0 Å². The Balaban J connectivity index is 1.84. The fourth-order valence-corrected chi connectivity index (χ4v) is 2.50. The second kappa shape index (κ2) is 5.46. The molecular weight excluding hydrogens is 210 g/mol. The Morgan fingerprint density at radius 2 is 2.12 bits per heavy atom. The zero-order chi connectivity index (χ0) is 12.3. The fourth-order valence-electron chi connectivity index (χ4n) is 2.50. The van der Waals surface area contributed by atoms with E-state index in [9.17, 15) is 4.79 Å². The van der Waals surface area contributed by atoms with Crippen LogP contribution in [0, 0.1) is 5.92 Å². The molecular formula is C15H21NO. The number of hydrogen-bond acceptors (Lipinski definition) is 2. The van der Waals surface area contributed by atoms with E-state index < -0.39 is 0 Å². The van der Waals surface area contributed by atoms with Gasteiger partial charge in [-0.3, -0.25) is 4.79 Å². The average Bonchev–Trinajstić information content (AvgIpc) is 3.10. The minimum absolute atomic E-state index is 0.0597. The molecule has 1 fully saturated rings. The molecule has 2 nitrogen and oxygen atoms in total. The molecule has 17 heavy (non-hydrogen) atoms.